The second-order valence-corrected chi connectivity index (χ2v) is 13.3. The Morgan fingerprint density at radius 3 is 1.32 bits per heavy atom. The van der Waals surface area contributed by atoms with Crippen LogP contribution >= 0.6 is 0 Å². The number of rotatable bonds is 17. The van der Waals surface area contributed by atoms with Crippen LogP contribution in [0.5, 0.6) is 0 Å². The van der Waals surface area contributed by atoms with Crippen molar-refractivity contribution in [3.05, 3.63) is 4.13 Å². The molecule has 0 aromatic rings. The summed E-state index contributed by atoms with van der Waals surface area (Å²) in [5, 5.41) is 0. The van der Waals surface area contributed by atoms with Gasteiger partial charge < -0.3 is 9.03 Å². The second kappa shape index (κ2) is 17.9. The van der Waals surface area contributed by atoms with Gasteiger partial charge in [-0.1, -0.05) is 90.9 Å². The number of nitrogens with one attached hydrogen (secondary N) is 1. The lowest BCUT2D eigenvalue weighted by Crippen LogP contribution is -3.10. The molecule has 0 radical (unpaired) electrons. The number of halogens is 6. The standard InChI is InChI=1S/C21H43N.C2F6NO4S2/c1-3-4-5-6-7-8-9-10-11-12-13-14-15-16-18-22-19-17-21(2)20-22;3-1(4,5)14(10,11)9-15(12,13)2(6,7)8/h21H,3-20H2,1-2H3;/q;-1/p+1. The molecular formula is C23H44F6N2O4S2. The molecule has 1 saturated heterocycles. The minimum absolute atomic E-state index is 0.778. The van der Waals surface area contributed by atoms with Crippen molar-refractivity contribution in [3.8, 4) is 0 Å². The summed E-state index contributed by atoms with van der Waals surface area (Å²) in [4.78, 5) is 1.88. The number of hydrogen-bond acceptors (Lipinski definition) is 4. The number of nitrogens with zero attached hydrogens (tertiary/aromatic N) is 1. The van der Waals surface area contributed by atoms with Crippen LogP contribution in [0.4, 0.5) is 26.3 Å². The van der Waals surface area contributed by atoms with Gasteiger partial charge in [0.05, 0.1) is 19.6 Å². The molecule has 0 aromatic carbocycles. The van der Waals surface area contributed by atoms with Gasteiger partial charge in [-0.3, -0.25) is 0 Å². The highest BCUT2D eigenvalue weighted by molar-refractivity contribution is 8.13. The molecule has 14 heteroatoms. The lowest BCUT2D eigenvalue weighted by Gasteiger charge is -2.22. The van der Waals surface area contributed by atoms with E-state index < -0.39 is 31.1 Å². The largest absolute Gasteiger partial charge is 0.480 e. The van der Waals surface area contributed by atoms with Gasteiger partial charge in [-0.05, 0) is 12.8 Å². The molecule has 224 valence electrons. The lowest BCUT2D eigenvalue weighted by molar-refractivity contribution is -0.889. The Morgan fingerprint density at radius 2 is 1.03 bits per heavy atom. The van der Waals surface area contributed by atoms with E-state index in [1.807, 2.05) is 4.90 Å². The molecule has 1 aliphatic rings. The van der Waals surface area contributed by atoms with E-state index in [2.05, 4.69) is 13.8 Å². The number of likely N-dealkylation sites (tertiary alicyclic amines) is 1. The summed E-state index contributed by atoms with van der Waals surface area (Å²) in [5.41, 5.74) is -12.4. The molecule has 1 N–H and O–H groups in total. The summed E-state index contributed by atoms with van der Waals surface area (Å²) in [7, 11) is -13.4. The maximum atomic E-state index is 11.4. The average molecular weight is 591 g/mol. The smallest absolute Gasteiger partial charge is 0.421 e. The molecule has 0 amide bonds. The van der Waals surface area contributed by atoms with Crippen LogP contribution in [0.25, 0.3) is 4.13 Å². The van der Waals surface area contributed by atoms with Gasteiger partial charge in [0.25, 0.3) is 0 Å². The minimum Gasteiger partial charge on any atom is -0.421 e. The maximum absolute atomic E-state index is 11.4. The molecular weight excluding hydrogens is 546 g/mol. The third-order valence-corrected chi connectivity index (χ3v) is 9.03. The molecule has 0 bridgehead atoms. The Kier molecular flexibility index (Phi) is 17.6. The van der Waals surface area contributed by atoms with E-state index in [-0.39, 0.29) is 0 Å². The predicted octanol–water partition coefficient (Wildman–Crippen LogP) is 6.45. The zero-order valence-electron chi connectivity index (χ0n) is 22.0. The molecule has 0 aliphatic carbocycles. The van der Waals surface area contributed by atoms with E-state index >= 15 is 0 Å². The van der Waals surface area contributed by atoms with Gasteiger partial charge in [0.1, 0.15) is 0 Å². The summed E-state index contributed by atoms with van der Waals surface area (Å²) in [6.45, 7) is 9.05. The maximum Gasteiger partial charge on any atom is 0.480 e. The Hall–Kier alpha value is -0.600. The molecule has 0 saturated carbocycles. The topological polar surface area (TPSA) is 86.8 Å². The average Bonchev–Trinajstić information content (AvgIpc) is 3.17. The normalized spacial score (nSPS) is 19.0. The van der Waals surface area contributed by atoms with Crippen molar-refractivity contribution in [2.45, 2.75) is 121 Å². The molecule has 1 aliphatic heterocycles. The van der Waals surface area contributed by atoms with Crippen LogP contribution in [0.15, 0.2) is 0 Å². The van der Waals surface area contributed by atoms with Gasteiger partial charge in [-0.15, -0.1) is 0 Å². The monoisotopic (exact) mass is 590 g/mol. The summed E-state index contributed by atoms with van der Waals surface area (Å²) in [6, 6.07) is 0. The highest BCUT2D eigenvalue weighted by Gasteiger charge is 2.46. The van der Waals surface area contributed by atoms with E-state index in [1.54, 1.807) is 0 Å². The van der Waals surface area contributed by atoms with Crippen molar-refractivity contribution >= 4 is 20.0 Å². The molecule has 1 heterocycles. The summed E-state index contributed by atoms with van der Waals surface area (Å²) in [6.07, 6.45) is 22.1. The minimum atomic E-state index is -6.72. The zero-order valence-corrected chi connectivity index (χ0v) is 23.6. The van der Waals surface area contributed by atoms with E-state index in [9.17, 15) is 43.2 Å². The van der Waals surface area contributed by atoms with Crippen molar-refractivity contribution in [1.82, 2.24) is 0 Å². The van der Waals surface area contributed by atoms with Gasteiger partial charge in [0.15, 0.2) is 20.0 Å². The third-order valence-electron chi connectivity index (χ3n) is 6.29. The Morgan fingerprint density at radius 1 is 0.676 bits per heavy atom. The van der Waals surface area contributed by atoms with E-state index in [0.29, 0.717) is 0 Å². The van der Waals surface area contributed by atoms with Crippen molar-refractivity contribution in [2.75, 3.05) is 19.6 Å². The van der Waals surface area contributed by atoms with Crippen molar-refractivity contribution in [2.24, 2.45) is 5.92 Å². The first-order valence-corrected chi connectivity index (χ1v) is 16.1. The molecule has 1 fully saturated rings. The lowest BCUT2D eigenvalue weighted by atomic mass is 10.0. The highest BCUT2D eigenvalue weighted by atomic mass is 32.3. The summed E-state index contributed by atoms with van der Waals surface area (Å²) >= 11 is 0. The highest BCUT2D eigenvalue weighted by Crippen LogP contribution is 2.36. The quantitative estimate of drug-likeness (QED) is 0.156. The fourth-order valence-electron chi connectivity index (χ4n) is 4.16. The van der Waals surface area contributed by atoms with Crippen LogP contribution in [0, 0.1) is 5.92 Å². The number of unbranched alkanes of at least 4 members (excludes halogenated alkanes) is 13. The fraction of sp³-hybridized carbons (Fsp3) is 1.00. The van der Waals surface area contributed by atoms with Gasteiger partial charge in [-0.25, -0.2) is 16.8 Å². The van der Waals surface area contributed by atoms with Crippen molar-refractivity contribution in [3.63, 3.8) is 0 Å². The first-order chi connectivity index (χ1) is 17.0. The van der Waals surface area contributed by atoms with Gasteiger partial charge in [-0.2, -0.15) is 26.3 Å². The molecule has 37 heavy (non-hydrogen) atoms. The number of quaternary nitrogens is 1. The van der Waals surface area contributed by atoms with Crippen LogP contribution < -0.4 is 4.90 Å². The van der Waals surface area contributed by atoms with E-state index in [0.717, 1.165) is 10.0 Å². The number of alkyl halides is 6. The van der Waals surface area contributed by atoms with E-state index in [1.165, 1.54) is 116 Å². The Labute approximate surface area is 219 Å². The van der Waals surface area contributed by atoms with Gasteiger partial charge in [0, 0.05) is 12.3 Å². The summed E-state index contributed by atoms with van der Waals surface area (Å²) < 4.78 is 109. The number of hydrogen-bond donors (Lipinski definition) is 1. The van der Waals surface area contributed by atoms with Crippen LogP contribution in [0.3, 0.4) is 0 Å². The SMILES string of the molecule is CCCCCCCCCCCCCCCC[NH+]1CCC(C)C1.O=S(=O)([N-]S(=O)(=O)C(F)(F)F)C(F)(F)F. The zero-order chi connectivity index (χ0) is 28.6. The second-order valence-electron chi connectivity index (χ2n) is 9.86. The van der Waals surface area contributed by atoms with Gasteiger partial charge >= 0.3 is 11.0 Å². The van der Waals surface area contributed by atoms with Crippen LogP contribution in [0.2, 0.25) is 0 Å². The molecule has 0 aromatic heterocycles. The molecule has 2 atom stereocenters. The Balaban J connectivity index is 0.000000757. The molecule has 0 spiro atoms. The van der Waals surface area contributed by atoms with Crippen LogP contribution in [-0.2, 0) is 20.0 Å². The van der Waals surface area contributed by atoms with Crippen molar-refractivity contribution in [1.29, 1.82) is 0 Å². The first kappa shape index (κ1) is 36.4. The van der Waals surface area contributed by atoms with E-state index in [4.69, 9.17) is 0 Å². The van der Waals surface area contributed by atoms with Crippen LogP contribution in [-0.4, -0.2) is 47.5 Å². The Bertz CT molecular complexity index is 761. The molecule has 2 unspecified atom stereocenters. The predicted molar refractivity (Wildman–Crippen MR) is 133 cm³/mol. The molecule has 6 nitrogen and oxygen atoms in total. The van der Waals surface area contributed by atoms with Gasteiger partial charge in [0.2, 0.25) is 0 Å². The summed E-state index contributed by atoms with van der Waals surface area (Å²) in [5.74, 6) is 0.988. The molecule has 1 rings (SSSR count). The van der Waals surface area contributed by atoms with Crippen LogP contribution in [0.1, 0.15) is 110 Å². The third kappa shape index (κ3) is 16.9. The van der Waals surface area contributed by atoms with Crippen molar-refractivity contribution < 1.29 is 48.1 Å². The fourth-order valence-corrected chi connectivity index (χ4v) is 5.87. The number of sulfonamides is 2. The first-order valence-electron chi connectivity index (χ1n) is 13.2.